The Kier molecular flexibility index (Phi) is 5.31. The number of aromatic amines is 1. The van der Waals surface area contributed by atoms with Crippen LogP contribution in [0.1, 0.15) is 35.0 Å². The molecule has 0 fully saturated rings. The lowest BCUT2D eigenvalue weighted by atomic mass is 10.1. The number of benzene rings is 2. The third kappa shape index (κ3) is 3.45. The van der Waals surface area contributed by atoms with Crippen molar-refractivity contribution in [1.82, 2.24) is 14.5 Å². The van der Waals surface area contributed by atoms with Crippen molar-refractivity contribution in [2.24, 2.45) is 0 Å². The molecule has 2 N–H and O–H groups in total. The van der Waals surface area contributed by atoms with Crippen LogP contribution in [0.5, 0.6) is 5.75 Å². The number of H-pyrrole nitrogens is 1. The predicted molar refractivity (Wildman–Crippen MR) is 120 cm³/mol. The standard InChI is InChI=1S/C24H26N4O2/c1-5-14-28-16(3)15(2)21(22-25-19-8-6-7-9-20(19)26-22)23(28)27-24(29)17-10-12-18(30-4)13-11-17/h6-13H,5,14H2,1-4H3,(H,25,26)(H,27,29). The quantitative estimate of drug-likeness (QED) is 0.458. The lowest BCUT2D eigenvalue weighted by Gasteiger charge is -2.13. The first kappa shape index (κ1) is 19.8. The topological polar surface area (TPSA) is 71.9 Å². The van der Waals surface area contributed by atoms with Gasteiger partial charge in [0.05, 0.1) is 23.7 Å². The van der Waals surface area contributed by atoms with Crippen LogP contribution in [0.15, 0.2) is 48.5 Å². The lowest BCUT2D eigenvalue weighted by Crippen LogP contribution is -2.16. The number of anilines is 1. The highest BCUT2D eigenvalue weighted by atomic mass is 16.5. The Morgan fingerprint density at radius 3 is 2.53 bits per heavy atom. The molecule has 2 aromatic heterocycles. The maximum Gasteiger partial charge on any atom is 0.256 e. The molecule has 0 saturated carbocycles. The van der Waals surface area contributed by atoms with E-state index < -0.39 is 0 Å². The van der Waals surface area contributed by atoms with Gasteiger partial charge in [0.1, 0.15) is 17.4 Å². The molecule has 0 saturated heterocycles. The van der Waals surface area contributed by atoms with Gasteiger partial charge in [-0.1, -0.05) is 19.1 Å². The number of ether oxygens (including phenoxy) is 1. The molecule has 4 aromatic rings. The third-order valence-corrected chi connectivity index (χ3v) is 5.49. The molecule has 0 atom stereocenters. The minimum atomic E-state index is -0.162. The van der Waals surface area contributed by atoms with E-state index in [1.54, 1.807) is 31.4 Å². The van der Waals surface area contributed by atoms with Gasteiger partial charge in [0.2, 0.25) is 0 Å². The number of para-hydroxylation sites is 2. The van der Waals surface area contributed by atoms with E-state index in [9.17, 15) is 4.79 Å². The second-order valence-corrected chi connectivity index (χ2v) is 7.37. The minimum Gasteiger partial charge on any atom is -0.497 e. The van der Waals surface area contributed by atoms with Crippen LogP contribution in [0, 0.1) is 13.8 Å². The summed E-state index contributed by atoms with van der Waals surface area (Å²) in [7, 11) is 1.61. The van der Waals surface area contributed by atoms with Gasteiger partial charge in [-0.3, -0.25) is 4.79 Å². The van der Waals surface area contributed by atoms with E-state index in [2.05, 4.69) is 35.6 Å². The second kappa shape index (κ2) is 8.06. The first-order valence-electron chi connectivity index (χ1n) is 10.1. The molecule has 6 nitrogen and oxygen atoms in total. The Hall–Kier alpha value is -3.54. The van der Waals surface area contributed by atoms with Crippen molar-refractivity contribution >= 4 is 22.8 Å². The Morgan fingerprint density at radius 1 is 1.13 bits per heavy atom. The molecule has 6 heteroatoms. The smallest absolute Gasteiger partial charge is 0.256 e. The van der Waals surface area contributed by atoms with Gasteiger partial charge in [-0.05, 0) is 62.2 Å². The summed E-state index contributed by atoms with van der Waals surface area (Å²) in [6.45, 7) is 7.10. The summed E-state index contributed by atoms with van der Waals surface area (Å²) in [5.41, 5.74) is 5.61. The molecule has 0 unspecified atom stereocenters. The largest absolute Gasteiger partial charge is 0.497 e. The number of nitrogens with zero attached hydrogens (tertiary/aromatic N) is 2. The number of hydrogen-bond donors (Lipinski definition) is 2. The fourth-order valence-corrected chi connectivity index (χ4v) is 3.78. The first-order valence-corrected chi connectivity index (χ1v) is 10.1. The monoisotopic (exact) mass is 402 g/mol. The van der Waals surface area contributed by atoms with Crippen LogP contribution in [0.4, 0.5) is 5.82 Å². The normalized spacial score (nSPS) is 11.1. The van der Waals surface area contributed by atoms with Crippen molar-refractivity contribution in [3.05, 3.63) is 65.4 Å². The molecule has 154 valence electrons. The molecule has 0 radical (unpaired) electrons. The van der Waals surface area contributed by atoms with Crippen molar-refractivity contribution in [2.75, 3.05) is 12.4 Å². The summed E-state index contributed by atoms with van der Waals surface area (Å²) in [6.07, 6.45) is 0.958. The fraction of sp³-hybridized carbons (Fsp3) is 0.250. The van der Waals surface area contributed by atoms with Gasteiger partial charge in [0.15, 0.2) is 0 Å². The number of aromatic nitrogens is 3. The third-order valence-electron chi connectivity index (χ3n) is 5.49. The molecule has 0 bridgehead atoms. The van der Waals surface area contributed by atoms with Crippen LogP contribution < -0.4 is 10.1 Å². The summed E-state index contributed by atoms with van der Waals surface area (Å²) < 4.78 is 7.36. The summed E-state index contributed by atoms with van der Waals surface area (Å²) in [5.74, 6) is 2.09. The molecule has 2 heterocycles. The zero-order chi connectivity index (χ0) is 21.3. The number of fused-ring (bicyclic) bond motifs is 1. The molecule has 2 aromatic carbocycles. The van der Waals surface area contributed by atoms with Crippen molar-refractivity contribution in [3.63, 3.8) is 0 Å². The molecule has 1 amide bonds. The Morgan fingerprint density at radius 2 is 1.87 bits per heavy atom. The Labute approximate surface area is 175 Å². The highest BCUT2D eigenvalue weighted by Crippen LogP contribution is 2.36. The molecule has 4 rings (SSSR count). The van der Waals surface area contributed by atoms with Crippen LogP contribution in [0.25, 0.3) is 22.4 Å². The van der Waals surface area contributed by atoms with Crippen molar-refractivity contribution in [3.8, 4) is 17.1 Å². The van der Waals surface area contributed by atoms with E-state index >= 15 is 0 Å². The number of imidazole rings is 1. The highest BCUT2D eigenvalue weighted by molar-refractivity contribution is 6.06. The second-order valence-electron chi connectivity index (χ2n) is 7.37. The van der Waals surface area contributed by atoms with Crippen LogP contribution >= 0.6 is 0 Å². The van der Waals surface area contributed by atoms with Crippen LogP contribution in [0.2, 0.25) is 0 Å². The number of carbonyl (C=O) groups excluding carboxylic acids is 1. The Balaban J connectivity index is 1.80. The number of rotatable bonds is 6. The number of methoxy groups -OCH3 is 1. The average Bonchev–Trinajstić information content (AvgIpc) is 3.28. The fourth-order valence-electron chi connectivity index (χ4n) is 3.78. The maximum absolute atomic E-state index is 13.1. The molecule has 0 aliphatic rings. The molecular weight excluding hydrogens is 376 g/mol. The highest BCUT2D eigenvalue weighted by Gasteiger charge is 2.23. The molecule has 0 aliphatic carbocycles. The van der Waals surface area contributed by atoms with Gasteiger partial charge in [-0.15, -0.1) is 0 Å². The average molecular weight is 402 g/mol. The van der Waals surface area contributed by atoms with Crippen molar-refractivity contribution in [2.45, 2.75) is 33.7 Å². The number of amides is 1. The van der Waals surface area contributed by atoms with E-state index in [1.807, 2.05) is 24.3 Å². The maximum atomic E-state index is 13.1. The lowest BCUT2D eigenvalue weighted by molar-refractivity contribution is 0.102. The molecular formula is C24H26N4O2. The zero-order valence-corrected chi connectivity index (χ0v) is 17.7. The van der Waals surface area contributed by atoms with E-state index in [4.69, 9.17) is 9.72 Å². The number of nitrogens with one attached hydrogen (secondary N) is 2. The van der Waals surface area contributed by atoms with E-state index in [1.165, 1.54) is 0 Å². The van der Waals surface area contributed by atoms with E-state index in [-0.39, 0.29) is 5.91 Å². The van der Waals surface area contributed by atoms with Crippen molar-refractivity contribution in [1.29, 1.82) is 0 Å². The molecule has 0 spiro atoms. The summed E-state index contributed by atoms with van der Waals surface area (Å²) in [6, 6.07) is 15.1. The van der Waals surface area contributed by atoms with Crippen molar-refractivity contribution < 1.29 is 9.53 Å². The van der Waals surface area contributed by atoms with E-state index in [0.717, 1.165) is 58.2 Å². The van der Waals surface area contributed by atoms with Crippen LogP contribution in [-0.4, -0.2) is 27.6 Å². The number of carbonyl (C=O) groups is 1. The van der Waals surface area contributed by atoms with Gasteiger partial charge < -0.3 is 19.6 Å². The summed E-state index contributed by atoms with van der Waals surface area (Å²) in [5, 5.41) is 3.15. The molecule has 30 heavy (non-hydrogen) atoms. The van der Waals surface area contributed by atoms with Gasteiger partial charge in [0.25, 0.3) is 5.91 Å². The zero-order valence-electron chi connectivity index (χ0n) is 17.7. The van der Waals surface area contributed by atoms with E-state index in [0.29, 0.717) is 5.56 Å². The molecule has 0 aliphatic heterocycles. The minimum absolute atomic E-state index is 0.162. The van der Waals surface area contributed by atoms with Crippen LogP contribution in [0.3, 0.4) is 0 Å². The SMILES string of the molecule is CCCn1c(C)c(C)c(-c2nc3ccccc3[nH]2)c1NC(=O)c1ccc(OC)cc1. The van der Waals surface area contributed by atoms with Gasteiger partial charge in [-0.2, -0.15) is 0 Å². The van der Waals surface area contributed by atoms with Gasteiger partial charge >= 0.3 is 0 Å². The Bertz CT molecular complexity index is 1170. The number of hydrogen-bond acceptors (Lipinski definition) is 3. The first-order chi connectivity index (χ1) is 14.5. The van der Waals surface area contributed by atoms with Crippen LogP contribution in [-0.2, 0) is 6.54 Å². The predicted octanol–water partition coefficient (Wildman–Crippen LogP) is 5.32. The van der Waals surface area contributed by atoms with Gasteiger partial charge in [0, 0.05) is 17.8 Å². The van der Waals surface area contributed by atoms with Gasteiger partial charge in [-0.25, -0.2) is 4.98 Å². The summed E-state index contributed by atoms with van der Waals surface area (Å²) in [4.78, 5) is 21.2. The summed E-state index contributed by atoms with van der Waals surface area (Å²) >= 11 is 0.